The third kappa shape index (κ3) is 3.11. The highest BCUT2D eigenvalue weighted by Gasteiger charge is 2.26. The van der Waals surface area contributed by atoms with Gasteiger partial charge in [0.1, 0.15) is 11.9 Å². The number of halogens is 2. The van der Waals surface area contributed by atoms with Crippen LogP contribution in [0.2, 0.25) is 5.02 Å². The van der Waals surface area contributed by atoms with Crippen LogP contribution in [0.1, 0.15) is 17.5 Å². The second-order valence-corrected chi connectivity index (χ2v) is 5.60. The Morgan fingerprint density at radius 3 is 2.74 bits per heavy atom. The molecule has 0 fully saturated rings. The van der Waals surface area contributed by atoms with Crippen molar-refractivity contribution in [3.63, 3.8) is 0 Å². The molecule has 0 aromatic heterocycles. The molecule has 3 rings (SSSR count). The molecule has 1 heterocycles. The number of nitrogens with one attached hydrogen (secondary N) is 1. The minimum atomic E-state index is -0.791. The summed E-state index contributed by atoms with van der Waals surface area (Å²) < 4.78 is 14.2. The molecule has 0 aliphatic carbocycles. The van der Waals surface area contributed by atoms with Crippen LogP contribution in [0.25, 0.3) is 0 Å². The molecule has 0 saturated carbocycles. The average molecular weight is 333 g/mol. The Hall–Kier alpha value is -2.24. The second kappa shape index (κ2) is 6.48. The quantitative estimate of drug-likeness (QED) is 0.907. The minimum Gasteiger partial charge on any atom is -0.396 e. The number of aliphatic imine (C=N–C) groups is 1. The summed E-state index contributed by atoms with van der Waals surface area (Å²) in [5.41, 5.74) is 1.70. The fourth-order valence-electron chi connectivity index (χ4n) is 2.51. The first-order valence-corrected chi connectivity index (χ1v) is 7.52. The normalized spacial score (nSPS) is 17.1. The molecule has 2 aromatic carbocycles. The maximum Gasteiger partial charge on any atom is 0.249 e. The number of fused-ring (bicyclic) bond motifs is 1. The molecule has 118 valence electrons. The summed E-state index contributed by atoms with van der Waals surface area (Å²) in [6, 6.07) is 10.4. The zero-order valence-electron chi connectivity index (χ0n) is 12.1. The molecule has 2 N–H and O–H groups in total. The van der Waals surface area contributed by atoms with Crippen molar-refractivity contribution in [3.05, 3.63) is 64.4 Å². The van der Waals surface area contributed by atoms with Gasteiger partial charge in [-0.3, -0.25) is 9.79 Å². The monoisotopic (exact) mass is 332 g/mol. The first-order chi connectivity index (χ1) is 11.1. The number of aliphatic hydroxyl groups excluding tert-OH is 1. The highest BCUT2D eigenvalue weighted by Crippen LogP contribution is 2.28. The van der Waals surface area contributed by atoms with Crippen LogP contribution < -0.4 is 5.32 Å². The standard InChI is InChI=1S/C17H14ClFN2O2/c18-10-5-6-14-12(9-10)16(11-3-1-2-4-13(11)19)20-15(7-8-22)17(23)21-14/h1-6,9,15,22H,7-8H2,(H,21,23). The molecule has 23 heavy (non-hydrogen) atoms. The summed E-state index contributed by atoms with van der Waals surface area (Å²) in [5, 5.41) is 12.4. The second-order valence-electron chi connectivity index (χ2n) is 5.16. The molecule has 0 bridgehead atoms. The van der Waals surface area contributed by atoms with Crippen LogP contribution in [0.15, 0.2) is 47.5 Å². The number of nitrogens with zero attached hydrogens (tertiary/aromatic N) is 1. The van der Waals surface area contributed by atoms with Crippen molar-refractivity contribution >= 4 is 28.9 Å². The Morgan fingerprint density at radius 2 is 2.00 bits per heavy atom. The molecule has 1 aliphatic heterocycles. The predicted molar refractivity (Wildman–Crippen MR) is 87.6 cm³/mol. The molecule has 1 atom stereocenters. The van der Waals surface area contributed by atoms with E-state index in [1.54, 1.807) is 36.4 Å². The number of anilines is 1. The van der Waals surface area contributed by atoms with Gasteiger partial charge in [-0.25, -0.2) is 4.39 Å². The molecule has 0 spiro atoms. The number of amides is 1. The van der Waals surface area contributed by atoms with Crippen molar-refractivity contribution in [1.82, 2.24) is 0 Å². The van der Waals surface area contributed by atoms with Crippen LogP contribution in [0.3, 0.4) is 0 Å². The number of carbonyl (C=O) groups excluding carboxylic acids is 1. The Balaban J connectivity index is 2.23. The predicted octanol–water partition coefficient (Wildman–Crippen LogP) is 3.02. The van der Waals surface area contributed by atoms with Crippen molar-refractivity contribution in [2.45, 2.75) is 12.5 Å². The Bertz CT molecular complexity index is 792. The van der Waals surface area contributed by atoms with Crippen LogP contribution in [0, 0.1) is 5.82 Å². The van der Waals surface area contributed by atoms with E-state index in [4.69, 9.17) is 16.7 Å². The van der Waals surface area contributed by atoms with Gasteiger partial charge in [0.2, 0.25) is 5.91 Å². The lowest BCUT2D eigenvalue weighted by atomic mass is 10.00. The SMILES string of the molecule is O=C1Nc2ccc(Cl)cc2C(c2ccccc2F)=NC1CCO. The smallest absolute Gasteiger partial charge is 0.249 e. The van der Waals surface area contributed by atoms with E-state index in [1.165, 1.54) is 6.07 Å². The zero-order valence-corrected chi connectivity index (χ0v) is 12.8. The first-order valence-electron chi connectivity index (χ1n) is 7.14. The van der Waals surface area contributed by atoms with Gasteiger partial charge in [0.05, 0.1) is 11.4 Å². The number of hydrogen-bond donors (Lipinski definition) is 2. The lowest BCUT2D eigenvalue weighted by molar-refractivity contribution is -0.117. The van der Waals surface area contributed by atoms with Crippen LogP contribution in [-0.4, -0.2) is 29.4 Å². The lowest BCUT2D eigenvalue weighted by Crippen LogP contribution is -2.26. The van der Waals surface area contributed by atoms with E-state index < -0.39 is 11.9 Å². The zero-order chi connectivity index (χ0) is 16.4. The largest absolute Gasteiger partial charge is 0.396 e. The third-order valence-electron chi connectivity index (χ3n) is 3.61. The van der Waals surface area contributed by atoms with Crippen LogP contribution in [0.5, 0.6) is 0 Å². The fraction of sp³-hybridized carbons (Fsp3) is 0.176. The number of rotatable bonds is 3. The van der Waals surface area contributed by atoms with Gasteiger partial charge in [0.15, 0.2) is 0 Å². The molecule has 0 saturated heterocycles. The lowest BCUT2D eigenvalue weighted by Gasteiger charge is -2.11. The van der Waals surface area contributed by atoms with Gasteiger partial charge < -0.3 is 10.4 Å². The molecule has 1 unspecified atom stereocenters. The fourth-order valence-corrected chi connectivity index (χ4v) is 2.68. The summed E-state index contributed by atoms with van der Waals surface area (Å²) in [6.45, 7) is -0.191. The van der Waals surface area contributed by atoms with E-state index in [2.05, 4.69) is 10.3 Å². The highest BCUT2D eigenvalue weighted by atomic mass is 35.5. The van der Waals surface area contributed by atoms with Gasteiger partial charge in [-0.15, -0.1) is 0 Å². The molecule has 0 radical (unpaired) electrons. The Morgan fingerprint density at radius 1 is 1.22 bits per heavy atom. The number of benzene rings is 2. The van der Waals surface area contributed by atoms with Crippen LogP contribution in [-0.2, 0) is 4.79 Å². The Labute approximate surface area is 137 Å². The van der Waals surface area contributed by atoms with E-state index in [1.807, 2.05) is 0 Å². The van der Waals surface area contributed by atoms with E-state index in [9.17, 15) is 9.18 Å². The van der Waals surface area contributed by atoms with Crippen molar-refractivity contribution in [1.29, 1.82) is 0 Å². The van der Waals surface area contributed by atoms with E-state index >= 15 is 0 Å². The maximum absolute atomic E-state index is 14.2. The molecule has 1 amide bonds. The van der Waals surface area contributed by atoms with Gasteiger partial charge in [-0.2, -0.15) is 0 Å². The van der Waals surface area contributed by atoms with Crippen molar-refractivity contribution in [2.75, 3.05) is 11.9 Å². The van der Waals surface area contributed by atoms with Gasteiger partial charge >= 0.3 is 0 Å². The van der Waals surface area contributed by atoms with Gasteiger partial charge in [0, 0.05) is 29.2 Å². The average Bonchev–Trinajstić information content (AvgIpc) is 2.66. The summed E-state index contributed by atoms with van der Waals surface area (Å²) in [6.07, 6.45) is 0.158. The molecule has 1 aliphatic rings. The van der Waals surface area contributed by atoms with Gasteiger partial charge in [0.25, 0.3) is 0 Å². The highest BCUT2D eigenvalue weighted by molar-refractivity contribution is 6.32. The van der Waals surface area contributed by atoms with Crippen molar-refractivity contribution in [3.8, 4) is 0 Å². The third-order valence-corrected chi connectivity index (χ3v) is 3.85. The Kier molecular flexibility index (Phi) is 4.41. The summed E-state index contributed by atoms with van der Waals surface area (Å²) in [5.74, 6) is -0.775. The topological polar surface area (TPSA) is 61.7 Å². The van der Waals surface area contributed by atoms with Crippen molar-refractivity contribution < 1.29 is 14.3 Å². The van der Waals surface area contributed by atoms with E-state index in [-0.39, 0.29) is 24.5 Å². The summed E-state index contributed by atoms with van der Waals surface area (Å²) in [7, 11) is 0. The van der Waals surface area contributed by atoms with Crippen molar-refractivity contribution in [2.24, 2.45) is 4.99 Å². The molecular formula is C17H14ClFN2O2. The van der Waals surface area contributed by atoms with Crippen LogP contribution in [0.4, 0.5) is 10.1 Å². The van der Waals surface area contributed by atoms with Gasteiger partial charge in [-0.1, -0.05) is 23.7 Å². The minimum absolute atomic E-state index is 0.158. The molecular weight excluding hydrogens is 319 g/mol. The molecule has 2 aromatic rings. The number of benzodiazepines with no additional fused rings is 1. The molecule has 6 heteroatoms. The number of aliphatic hydroxyl groups is 1. The number of hydrogen-bond acceptors (Lipinski definition) is 3. The molecule has 4 nitrogen and oxygen atoms in total. The maximum atomic E-state index is 14.2. The van der Waals surface area contributed by atoms with E-state index in [0.29, 0.717) is 22.0 Å². The first kappa shape index (κ1) is 15.6. The van der Waals surface area contributed by atoms with Crippen LogP contribution >= 0.6 is 11.6 Å². The summed E-state index contributed by atoms with van der Waals surface area (Å²) in [4.78, 5) is 16.7. The number of carbonyl (C=O) groups is 1. The summed E-state index contributed by atoms with van der Waals surface area (Å²) >= 11 is 6.05. The van der Waals surface area contributed by atoms with E-state index in [0.717, 1.165) is 0 Å². The van der Waals surface area contributed by atoms with Gasteiger partial charge in [-0.05, 0) is 30.3 Å².